The van der Waals surface area contributed by atoms with Gasteiger partial charge in [-0.1, -0.05) is 30.4 Å². The van der Waals surface area contributed by atoms with Crippen LogP contribution in [0, 0.1) is 11.7 Å². The summed E-state index contributed by atoms with van der Waals surface area (Å²) in [5.74, 6) is 0.0776. The first-order valence-electron chi connectivity index (χ1n) is 5.55. The van der Waals surface area contributed by atoms with Gasteiger partial charge in [0.15, 0.2) is 0 Å². The van der Waals surface area contributed by atoms with Crippen LogP contribution in [0.15, 0.2) is 36.4 Å². The molecule has 3 heteroatoms. The minimum atomic E-state index is -0.171. The molecule has 1 aliphatic carbocycles. The van der Waals surface area contributed by atoms with Crippen LogP contribution in [-0.2, 0) is 6.54 Å². The van der Waals surface area contributed by atoms with Crippen LogP contribution in [-0.4, -0.2) is 17.8 Å². The van der Waals surface area contributed by atoms with Gasteiger partial charge in [0.2, 0.25) is 0 Å². The highest BCUT2D eigenvalue weighted by molar-refractivity contribution is 5.17. The molecule has 2 N–H and O–H groups in total. The second-order valence-electron chi connectivity index (χ2n) is 4.14. The van der Waals surface area contributed by atoms with Gasteiger partial charge in [-0.3, -0.25) is 0 Å². The largest absolute Gasteiger partial charge is 0.396 e. The Bertz CT molecular complexity index is 378. The lowest BCUT2D eigenvalue weighted by atomic mass is 10.1. The highest BCUT2D eigenvalue weighted by atomic mass is 19.1. The minimum Gasteiger partial charge on any atom is -0.396 e. The molecule has 0 saturated carbocycles. The SMILES string of the molecule is OC[C@H]1C=C[C@@H](NCc2ccccc2F)C1. The van der Waals surface area contributed by atoms with E-state index >= 15 is 0 Å². The van der Waals surface area contributed by atoms with Crippen LogP contribution in [0.3, 0.4) is 0 Å². The third-order valence-corrected chi connectivity index (χ3v) is 2.92. The van der Waals surface area contributed by atoms with Crippen molar-refractivity contribution in [3.63, 3.8) is 0 Å². The fourth-order valence-corrected chi connectivity index (χ4v) is 1.94. The molecule has 0 aliphatic heterocycles. The third-order valence-electron chi connectivity index (χ3n) is 2.92. The second kappa shape index (κ2) is 5.23. The molecule has 2 nitrogen and oxygen atoms in total. The maximum Gasteiger partial charge on any atom is 0.127 e. The van der Waals surface area contributed by atoms with Crippen LogP contribution in [0.5, 0.6) is 0 Å². The Labute approximate surface area is 94.8 Å². The Hall–Kier alpha value is -1.19. The number of hydrogen-bond acceptors (Lipinski definition) is 2. The third kappa shape index (κ3) is 2.68. The predicted octanol–water partition coefficient (Wildman–Crippen LogP) is 1.85. The Morgan fingerprint density at radius 2 is 2.12 bits per heavy atom. The second-order valence-corrected chi connectivity index (χ2v) is 4.14. The van der Waals surface area contributed by atoms with Crippen molar-refractivity contribution < 1.29 is 9.50 Å². The Balaban J connectivity index is 1.85. The lowest BCUT2D eigenvalue weighted by molar-refractivity contribution is 0.246. The summed E-state index contributed by atoms with van der Waals surface area (Å²) in [6, 6.07) is 7.02. The van der Waals surface area contributed by atoms with Gasteiger partial charge in [-0.2, -0.15) is 0 Å². The molecule has 0 spiro atoms. The molecule has 0 aromatic heterocycles. The van der Waals surface area contributed by atoms with Crippen LogP contribution >= 0.6 is 0 Å². The molecule has 0 bridgehead atoms. The molecule has 0 heterocycles. The van der Waals surface area contributed by atoms with Gasteiger partial charge in [0, 0.05) is 30.7 Å². The molecule has 16 heavy (non-hydrogen) atoms. The summed E-state index contributed by atoms with van der Waals surface area (Å²) in [5.41, 5.74) is 0.684. The van der Waals surface area contributed by atoms with Crippen LogP contribution in [0.2, 0.25) is 0 Å². The zero-order valence-electron chi connectivity index (χ0n) is 9.07. The van der Waals surface area contributed by atoms with Gasteiger partial charge < -0.3 is 10.4 Å². The first kappa shape index (κ1) is 11.3. The van der Waals surface area contributed by atoms with Crippen molar-refractivity contribution in [3.8, 4) is 0 Å². The van der Waals surface area contributed by atoms with Crippen molar-refractivity contribution in [2.75, 3.05) is 6.61 Å². The molecule has 2 rings (SSSR count). The lowest BCUT2D eigenvalue weighted by Crippen LogP contribution is -2.26. The van der Waals surface area contributed by atoms with Gasteiger partial charge in [-0.25, -0.2) is 4.39 Å². The minimum absolute atomic E-state index is 0.171. The van der Waals surface area contributed by atoms with E-state index in [1.807, 2.05) is 18.2 Å². The van der Waals surface area contributed by atoms with E-state index in [9.17, 15) is 4.39 Å². The monoisotopic (exact) mass is 221 g/mol. The van der Waals surface area contributed by atoms with Gasteiger partial charge in [-0.15, -0.1) is 0 Å². The summed E-state index contributed by atoms with van der Waals surface area (Å²) >= 11 is 0. The summed E-state index contributed by atoms with van der Waals surface area (Å²) in [5, 5.41) is 12.2. The van der Waals surface area contributed by atoms with Gasteiger partial charge in [0.25, 0.3) is 0 Å². The van der Waals surface area contributed by atoms with Crippen LogP contribution in [0.1, 0.15) is 12.0 Å². The molecule has 2 atom stereocenters. The summed E-state index contributed by atoms with van der Waals surface area (Å²) < 4.78 is 13.3. The zero-order chi connectivity index (χ0) is 11.4. The van der Waals surface area contributed by atoms with Gasteiger partial charge in [-0.05, 0) is 12.5 Å². The first-order valence-corrected chi connectivity index (χ1v) is 5.55. The van der Waals surface area contributed by atoms with Crippen LogP contribution in [0.4, 0.5) is 4.39 Å². The average molecular weight is 221 g/mol. The molecule has 0 saturated heterocycles. The van der Waals surface area contributed by atoms with E-state index in [-0.39, 0.29) is 24.4 Å². The van der Waals surface area contributed by atoms with Gasteiger partial charge >= 0.3 is 0 Å². The standard InChI is InChI=1S/C13H16FNO/c14-13-4-2-1-3-11(13)8-15-12-6-5-10(7-12)9-16/h1-6,10,12,15-16H,7-9H2/t10-,12+/m0/s1. The number of benzene rings is 1. The number of nitrogens with one attached hydrogen (secondary N) is 1. The topological polar surface area (TPSA) is 32.3 Å². The van der Waals surface area contributed by atoms with Gasteiger partial charge in [0.1, 0.15) is 5.82 Å². The Kier molecular flexibility index (Phi) is 3.70. The van der Waals surface area contributed by atoms with Crippen LogP contribution < -0.4 is 5.32 Å². The van der Waals surface area contributed by atoms with Crippen LogP contribution in [0.25, 0.3) is 0 Å². The van der Waals surface area contributed by atoms with Crippen molar-refractivity contribution in [1.82, 2.24) is 5.32 Å². The Morgan fingerprint density at radius 3 is 2.81 bits per heavy atom. The zero-order valence-corrected chi connectivity index (χ0v) is 9.07. The van der Waals surface area contributed by atoms with Crippen molar-refractivity contribution in [2.45, 2.75) is 19.0 Å². The number of halogens is 1. The fourth-order valence-electron chi connectivity index (χ4n) is 1.94. The quantitative estimate of drug-likeness (QED) is 0.760. The number of rotatable bonds is 4. The van der Waals surface area contributed by atoms with Crippen molar-refractivity contribution in [2.24, 2.45) is 5.92 Å². The van der Waals surface area contributed by atoms with Crippen molar-refractivity contribution in [3.05, 3.63) is 47.8 Å². The van der Waals surface area contributed by atoms with E-state index in [0.717, 1.165) is 6.42 Å². The molecule has 1 aromatic rings. The average Bonchev–Trinajstić information content (AvgIpc) is 2.76. The first-order chi connectivity index (χ1) is 7.79. The smallest absolute Gasteiger partial charge is 0.127 e. The number of aliphatic hydroxyl groups is 1. The fraction of sp³-hybridized carbons (Fsp3) is 0.385. The number of hydrogen-bond donors (Lipinski definition) is 2. The molecule has 0 unspecified atom stereocenters. The van der Waals surface area contributed by atoms with E-state index in [2.05, 4.69) is 5.32 Å². The van der Waals surface area contributed by atoms with E-state index in [1.165, 1.54) is 6.07 Å². The lowest BCUT2D eigenvalue weighted by Gasteiger charge is -2.12. The summed E-state index contributed by atoms with van der Waals surface area (Å²) in [6.07, 6.45) is 4.95. The predicted molar refractivity (Wildman–Crippen MR) is 61.4 cm³/mol. The highest BCUT2D eigenvalue weighted by Crippen LogP contribution is 2.17. The molecule has 0 radical (unpaired) electrons. The van der Waals surface area contributed by atoms with Gasteiger partial charge in [0.05, 0.1) is 0 Å². The number of aliphatic hydroxyl groups excluding tert-OH is 1. The molecule has 0 amide bonds. The molecule has 1 aliphatic rings. The van der Waals surface area contributed by atoms with Crippen molar-refractivity contribution in [1.29, 1.82) is 0 Å². The highest BCUT2D eigenvalue weighted by Gasteiger charge is 2.17. The Morgan fingerprint density at radius 1 is 1.31 bits per heavy atom. The maximum absolute atomic E-state index is 13.3. The molecule has 1 aromatic carbocycles. The van der Waals surface area contributed by atoms with E-state index in [1.54, 1.807) is 12.1 Å². The molecule has 0 fully saturated rings. The molecular formula is C13H16FNO. The van der Waals surface area contributed by atoms with E-state index in [0.29, 0.717) is 12.1 Å². The summed E-state index contributed by atoms with van der Waals surface area (Å²) in [6.45, 7) is 0.716. The van der Waals surface area contributed by atoms with E-state index < -0.39 is 0 Å². The molecular weight excluding hydrogens is 205 g/mol. The summed E-state index contributed by atoms with van der Waals surface area (Å²) in [7, 11) is 0. The normalized spacial score (nSPS) is 23.9. The van der Waals surface area contributed by atoms with Crippen molar-refractivity contribution >= 4 is 0 Å². The maximum atomic E-state index is 13.3. The molecule has 86 valence electrons. The summed E-state index contributed by atoms with van der Waals surface area (Å²) in [4.78, 5) is 0. The van der Waals surface area contributed by atoms with E-state index in [4.69, 9.17) is 5.11 Å².